The molecular weight excluding hydrogens is 276 g/mol. The lowest BCUT2D eigenvalue weighted by molar-refractivity contribution is 0.387. The number of rotatable bonds is 3. The molecule has 0 aliphatic carbocycles. The van der Waals surface area contributed by atoms with Crippen molar-refractivity contribution in [3.8, 4) is 5.88 Å². The number of anilines is 2. The van der Waals surface area contributed by atoms with E-state index in [0.717, 1.165) is 36.5 Å². The summed E-state index contributed by atoms with van der Waals surface area (Å²) >= 11 is 6.13. The number of nitrogens with zero attached hydrogens (tertiary/aromatic N) is 2. The predicted molar refractivity (Wildman–Crippen MR) is 78.7 cm³/mol. The molecule has 2 heterocycles. The van der Waals surface area contributed by atoms with Crippen LogP contribution in [0.4, 0.5) is 11.6 Å². The van der Waals surface area contributed by atoms with Crippen molar-refractivity contribution in [2.75, 3.05) is 19.0 Å². The molecular formula is C14H15ClN4O. The van der Waals surface area contributed by atoms with Crippen LogP contribution in [0.2, 0.25) is 5.02 Å². The molecule has 1 aliphatic heterocycles. The quantitative estimate of drug-likeness (QED) is 0.910. The summed E-state index contributed by atoms with van der Waals surface area (Å²) in [7, 11) is 1.63. The average molecular weight is 291 g/mol. The number of fused-ring (bicyclic) bond motifs is 1. The van der Waals surface area contributed by atoms with Crippen LogP contribution in [0, 0.1) is 0 Å². The van der Waals surface area contributed by atoms with Crippen LogP contribution in [0.5, 0.6) is 5.88 Å². The van der Waals surface area contributed by atoms with Gasteiger partial charge < -0.3 is 15.4 Å². The summed E-state index contributed by atoms with van der Waals surface area (Å²) in [5.41, 5.74) is 2.83. The minimum atomic E-state index is 0.498. The first-order chi connectivity index (χ1) is 9.78. The SMILES string of the molecule is COc1nc(Nc2ccccc2Cl)nc2c1CCNC2. The van der Waals surface area contributed by atoms with Crippen molar-refractivity contribution in [3.63, 3.8) is 0 Å². The van der Waals surface area contributed by atoms with E-state index < -0.39 is 0 Å². The highest BCUT2D eigenvalue weighted by Crippen LogP contribution is 2.27. The maximum Gasteiger partial charge on any atom is 0.230 e. The van der Waals surface area contributed by atoms with Crippen LogP contribution in [0.25, 0.3) is 0 Å². The molecule has 2 N–H and O–H groups in total. The Hall–Kier alpha value is -1.85. The van der Waals surface area contributed by atoms with Gasteiger partial charge in [0.2, 0.25) is 11.8 Å². The Balaban J connectivity index is 1.96. The lowest BCUT2D eigenvalue weighted by Gasteiger charge is -2.19. The zero-order valence-electron chi connectivity index (χ0n) is 11.1. The molecule has 104 valence electrons. The van der Waals surface area contributed by atoms with E-state index in [4.69, 9.17) is 16.3 Å². The molecule has 0 atom stereocenters. The summed E-state index contributed by atoms with van der Waals surface area (Å²) in [6.07, 6.45) is 0.880. The third kappa shape index (κ3) is 2.55. The summed E-state index contributed by atoms with van der Waals surface area (Å²) in [4.78, 5) is 8.94. The van der Waals surface area contributed by atoms with Crippen molar-refractivity contribution < 1.29 is 4.74 Å². The summed E-state index contributed by atoms with van der Waals surface area (Å²) in [6, 6.07) is 7.49. The maximum atomic E-state index is 6.13. The Bertz CT molecular complexity index is 615. The van der Waals surface area contributed by atoms with Crippen LogP contribution in [-0.2, 0) is 13.0 Å². The first-order valence-corrected chi connectivity index (χ1v) is 6.82. The largest absolute Gasteiger partial charge is 0.481 e. The Morgan fingerprint density at radius 1 is 1.30 bits per heavy atom. The number of hydrogen-bond acceptors (Lipinski definition) is 5. The minimum Gasteiger partial charge on any atom is -0.481 e. The molecule has 2 aromatic rings. The Morgan fingerprint density at radius 3 is 2.95 bits per heavy atom. The molecule has 1 aromatic heterocycles. The van der Waals surface area contributed by atoms with Crippen LogP contribution in [-0.4, -0.2) is 23.6 Å². The van der Waals surface area contributed by atoms with E-state index in [-0.39, 0.29) is 0 Å². The van der Waals surface area contributed by atoms with Crippen LogP contribution in [0.15, 0.2) is 24.3 Å². The lowest BCUT2D eigenvalue weighted by Crippen LogP contribution is -2.26. The molecule has 3 rings (SSSR count). The van der Waals surface area contributed by atoms with Crippen molar-refractivity contribution in [2.24, 2.45) is 0 Å². The molecule has 0 amide bonds. The molecule has 0 saturated carbocycles. The van der Waals surface area contributed by atoms with Crippen molar-refractivity contribution in [3.05, 3.63) is 40.5 Å². The third-order valence-corrected chi connectivity index (χ3v) is 3.54. The van der Waals surface area contributed by atoms with Crippen molar-refractivity contribution >= 4 is 23.2 Å². The second-order valence-electron chi connectivity index (χ2n) is 4.51. The number of aromatic nitrogens is 2. The zero-order chi connectivity index (χ0) is 13.9. The summed E-state index contributed by atoms with van der Waals surface area (Å²) < 4.78 is 5.37. The second-order valence-corrected chi connectivity index (χ2v) is 4.92. The molecule has 0 fully saturated rings. The molecule has 6 heteroatoms. The van der Waals surface area contributed by atoms with E-state index in [0.29, 0.717) is 16.9 Å². The van der Waals surface area contributed by atoms with Gasteiger partial charge in [-0.05, 0) is 25.1 Å². The highest BCUT2D eigenvalue weighted by atomic mass is 35.5. The fraction of sp³-hybridized carbons (Fsp3) is 0.286. The van der Waals surface area contributed by atoms with Gasteiger partial charge in [0.25, 0.3) is 0 Å². The smallest absolute Gasteiger partial charge is 0.230 e. The number of hydrogen-bond donors (Lipinski definition) is 2. The van der Waals surface area contributed by atoms with Crippen LogP contribution in [0.1, 0.15) is 11.3 Å². The van der Waals surface area contributed by atoms with Crippen LogP contribution in [0.3, 0.4) is 0 Å². The molecule has 0 spiro atoms. The molecule has 0 radical (unpaired) electrons. The Labute approximate surface area is 122 Å². The normalized spacial score (nSPS) is 13.7. The van der Waals surface area contributed by atoms with Crippen LogP contribution < -0.4 is 15.4 Å². The number of halogens is 1. The van der Waals surface area contributed by atoms with Gasteiger partial charge in [-0.15, -0.1) is 0 Å². The molecule has 1 aromatic carbocycles. The van der Waals surface area contributed by atoms with Crippen LogP contribution >= 0.6 is 11.6 Å². The van der Waals surface area contributed by atoms with Crippen molar-refractivity contribution in [2.45, 2.75) is 13.0 Å². The maximum absolute atomic E-state index is 6.13. The molecule has 1 aliphatic rings. The highest BCUT2D eigenvalue weighted by molar-refractivity contribution is 6.33. The standard InChI is InChI=1S/C14H15ClN4O/c1-20-13-9-6-7-16-8-12(9)18-14(19-13)17-11-5-3-2-4-10(11)15/h2-5,16H,6-8H2,1H3,(H,17,18,19). The van der Waals surface area contributed by atoms with Gasteiger partial charge in [-0.2, -0.15) is 4.98 Å². The van der Waals surface area contributed by atoms with Gasteiger partial charge in [0.05, 0.1) is 23.5 Å². The van der Waals surface area contributed by atoms with E-state index in [1.54, 1.807) is 7.11 Å². The summed E-state index contributed by atoms with van der Waals surface area (Å²) in [5.74, 6) is 1.13. The molecule has 20 heavy (non-hydrogen) atoms. The van der Waals surface area contributed by atoms with E-state index in [2.05, 4.69) is 20.6 Å². The van der Waals surface area contributed by atoms with E-state index in [9.17, 15) is 0 Å². The molecule has 5 nitrogen and oxygen atoms in total. The molecule has 0 saturated heterocycles. The van der Waals surface area contributed by atoms with Crippen molar-refractivity contribution in [1.29, 1.82) is 0 Å². The first-order valence-electron chi connectivity index (χ1n) is 6.44. The topological polar surface area (TPSA) is 59.1 Å². The number of benzene rings is 1. The molecule has 0 bridgehead atoms. The van der Waals surface area contributed by atoms with Gasteiger partial charge in [-0.25, -0.2) is 4.98 Å². The molecule has 0 unspecified atom stereocenters. The number of para-hydroxylation sites is 1. The number of ether oxygens (including phenoxy) is 1. The van der Waals surface area contributed by atoms with E-state index in [1.807, 2.05) is 24.3 Å². The predicted octanol–water partition coefficient (Wildman–Crippen LogP) is 2.53. The number of nitrogens with one attached hydrogen (secondary N) is 2. The fourth-order valence-electron chi connectivity index (χ4n) is 2.23. The van der Waals surface area contributed by atoms with E-state index >= 15 is 0 Å². The Morgan fingerprint density at radius 2 is 2.15 bits per heavy atom. The summed E-state index contributed by atoms with van der Waals surface area (Å²) in [5, 5.41) is 7.06. The Kier molecular flexibility index (Phi) is 3.71. The lowest BCUT2D eigenvalue weighted by atomic mass is 10.1. The van der Waals surface area contributed by atoms with Gasteiger partial charge in [0.1, 0.15) is 0 Å². The third-order valence-electron chi connectivity index (χ3n) is 3.21. The second kappa shape index (κ2) is 5.64. The van der Waals surface area contributed by atoms with E-state index in [1.165, 1.54) is 0 Å². The van der Waals surface area contributed by atoms with Crippen molar-refractivity contribution in [1.82, 2.24) is 15.3 Å². The van der Waals surface area contributed by atoms with Gasteiger partial charge in [0.15, 0.2) is 0 Å². The fourth-order valence-corrected chi connectivity index (χ4v) is 2.42. The van der Waals surface area contributed by atoms with Gasteiger partial charge in [0, 0.05) is 12.1 Å². The monoisotopic (exact) mass is 290 g/mol. The van der Waals surface area contributed by atoms with Gasteiger partial charge in [-0.1, -0.05) is 23.7 Å². The zero-order valence-corrected chi connectivity index (χ0v) is 11.9. The van der Waals surface area contributed by atoms with Gasteiger partial charge in [-0.3, -0.25) is 0 Å². The first kappa shape index (κ1) is 13.1. The summed E-state index contributed by atoms with van der Waals surface area (Å²) in [6.45, 7) is 1.65. The van der Waals surface area contributed by atoms with Gasteiger partial charge >= 0.3 is 0 Å². The minimum absolute atomic E-state index is 0.498. The number of methoxy groups -OCH3 is 1. The average Bonchev–Trinajstić information content (AvgIpc) is 2.49. The highest BCUT2D eigenvalue weighted by Gasteiger charge is 2.18.